The van der Waals surface area contributed by atoms with E-state index in [4.69, 9.17) is 0 Å². The highest BCUT2D eigenvalue weighted by Crippen LogP contribution is 2.57. The summed E-state index contributed by atoms with van der Waals surface area (Å²) in [5.74, 6) is 0. The second-order valence-electron chi connectivity index (χ2n) is 20.0. The first-order valence-corrected chi connectivity index (χ1v) is 20.2. The van der Waals surface area contributed by atoms with Crippen molar-refractivity contribution >= 4 is 46.2 Å². The number of hydrogen-bond donors (Lipinski definition) is 0. The molecular weight excluding hydrogens is 663 g/mol. The first-order chi connectivity index (χ1) is 25.9. The summed E-state index contributed by atoms with van der Waals surface area (Å²) in [5.41, 5.74) is 22.5. The molecule has 2 heterocycles. The second kappa shape index (κ2) is 11.7. The van der Waals surface area contributed by atoms with E-state index < -0.39 is 0 Å². The van der Waals surface area contributed by atoms with E-state index in [-0.39, 0.29) is 28.5 Å². The summed E-state index contributed by atoms with van der Waals surface area (Å²) in [7, 11) is 0. The Morgan fingerprint density at radius 1 is 0.509 bits per heavy atom. The fourth-order valence-electron chi connectivity index (χ4n) is 9.73. The Morgan fingerprint density at radius 2 is 1.07 bits per heavy atom. The summed E-state index contributed by atoms with van der Waals surface area (Å²) >= 11 is 0. The normalized spacial score (nSPS) is 15.3. The highest BCUT2D eigenvalue weighted by atomic mass is 15.2. The van der Waals surface area contributed by atoms with Gasteiger partial charge in [-0.3, -0.25) is 0 Å². The van der Waals surface area contributed by atoms with Crippen LogP contribution in [-0.2, 0) is 21.7 Å². The molecule has 0 unspecified atom stereocenters. The van der Waals surface area contributed by atoms with Crippen LogP contribution in [0, 0.1) is 6.92 Å². The van der Waals surface area contributed by atoms with Crippen molar-refractivity contribution in [3.05, 3.63) is 149 Å². The summed E-state index contributed by atoms with van der Waals surface area (Å²) in [4.78, 5) is 5.25. The topological polar surface area (TPSA) is 6.48 Å². The Kier molecular flexibility index (Phi) is 7.62. The van der Waals surface area contributed by atoms with E-state index in [9.17, 15) is 0 Å². The minimum absolute atomic E-state index is 0.00696. The Hall–Kier alpha value is -5.02. The summed E-state index contributed by atoms with van der Waals surface area (Å²) in [6, 6.07) is 44.9. The lowest BCUT2D eigenvalue weighted by Crippen LogP contribution is -2.62. The van der Waals surface area contributed by atoms with Gasteiger partial charge in [0.25, 0.3) is 0 Å². The molecule has 276 valence electrons. The molecule has 0 aromatic heterocycles. The van der Waals surface area contributed by atoms with Gasteiger partial charge in [0.15, 0.2) is 0 Å². The van der Waals surface area contributed by atoms with E-state index in [1.807, 2.05) is 0 Å². The standard InChI is InChI=1S/C52H55BN2/c1-32-29-40-46-44(28-26-39-38-15-13-14-16-41(38)52(11,12)47(39)46)55(37-24-19-34(20-25-37)50(5,6)7)53-42-31-35(51(8,9)10)21-27-43(42)54(45(30-32)48(40)53)36-22-17-33(18-23-36)49(2,3)4/h13-31H,1-12H3. The van der Waals surface area contributed by atoms with Gasteiger partial charge in [-0.2, -0.15) is 0 Å². The van der Waals surface area contributed by atoms with Gasteiger partial charge in [-0.15, -0.1) is 0 Å². The second-order valence-corrected chi connectivity index (χ2v) is 20.0. The summed E-state index contributed by atoms with van der Waals surface area (Å²) in [6.07, 6.45) is 0. The Balaban J connectivity index is 1.40. The number of benzene rings is 6. The monoisotopic (exact) mass is 718 g/mol. The zero-order chi connectivity index (χ0) is 39.0. The lowest BCUT2D eigenvalue weighted by molar-refractivity contribution is 0.590. The number of fused-ring (bicyclic) bond motifs is 8. The average molecular weight is 719 g/mol. The van der Waals surface area contributed by atoms with E-state index in [0.717, 1.165) is 0 Å². The van der Waals surface area contributed by atoms with Gasteiger partial charge in [-0.25, -0.2) is 0 Å². The molecule has 0 fully saturated rings. The van der Waals surface area contributed by atoms with Crippen molar-refractivity contribution in [3.8, 4) is 22.3 Å². The van der Waals surface area contributed by atoms with Crippen molar-refractivity contribution in [2.75, 3.05) is 9.71 Å². The molecule has 1 aliphatic carbocycles. The van der Waals surface area contributed by atoms with Gasteiger partial charge < -0.3 is 9.71 Å². The van der Waals surface area contributed by atoms with Crippen molar-refractivity contribution in [2.45, 2.75) is 105 Å². The zero-order valence-electron chi connectivity index (χ0n) is 34.9. The predicted molar refractivity (Wildman–Crippen MR) is 239 cm³/mol. The van der Waals surface area contributed by atoms with Crippen LogP contribution in [0.5, 0.6) is 0 Å². The third kappa shape index (κ3) is 5.36. The van der Waals surface area contributed by atoms with Gasteiger partial charge in [-0.05, 0) is 127 Å². The number of aryl methyl sites for hydroxylation is 1. The van der Waals surface area contributed by atoms with Crippen LogP contribution in [0.4, 0.5) is 28.4 Å². The molecule has 2 aliphatic heterocycles. The van der Waals surface area contributed by atoms with Crippen LogP contribution in [0.3, 0.4) is 0 Å². The fraction of sp³-hybridized carbons (Fsp3) is 0.308. The van der Waals surface area contributed by atoms with Gasteiger partial charge in [0.1, 0.15) is 0 Å². The average Bonchev–Trinajstić information content (AvgIpc) is 3.36. The predicted octanol–water partition coefficient (Wildman–Crippen LogP) is 12.9. The van der Waals surface area contributed by atoms with Gasteiger partial charge in [-0.1, -0.05) is 149 Å². The van der Waals surface area contributed by atoms with Crippen LogP contribution in [0.15, 0.2) is 115 Å². The van der Waals surface area contributed by atoms with E-state index in [1.165, 1.54) is 95.0 Å². The lowest BCUT2D eigenvalue weighted by atomic mass is 9.42. The van der Waals surface area contributed by atoms with Gasteiger partial charge in [0, 0.05) is 39.4 Å². The summed E-state index contributed by atoms with van der Waals surface area (Å²) < 4.78 is 0. The molecule has 0 bridgehead atoms. The SMILES string of the molecule is Cc1cc2c3c(c1)N(c1ccc(C(C)(C)C)cc1)c1ccc(C(C)(C)C)cc1B3N(c1ccc(C(C)(C)C)cc1)c1ccc3c(c1-2)C(C)(C)c1ccccc1-3. The molecule has 6 aromatic carbocycles. The molecule has 9 rings (SSSR count). The highest BCUT2D eigenvalue weighted by Gasteiger charge is 2.48. The van der Waals surface area contributed by atoms with Crippen LogP contribution in [-0.4, -0.2) is 6.85 Å². The molecule has 2 nitrogen and oxygen atoms in total. The number of rotatable bonds is 2. The minimum atomic E-state index is -0.170. The van der Waals surface area contributed by atoms with E-state index in [2.05, 4.69) is 208 Å². The maximum atomic E-state index is 2.69. The van der Waals surface area contributed by atoms with Gasteiger partial charge in [0.2, 0.25) is 0 Å². The first kappa shape index (κ1) is 35.7. The zero-order valence-corrected chi connectivity index (χ0v) is 34.9. The van der Waals surface area contributed by atoms with Crippen molar-refractivity contribution < 1.29 is 0 Å². The van der Waals surface area contributed by atoms with Crippen molar-refractivity contribution in [1.82, 2.24) is 0 Å². The molecule has 0 N–H and O–H groups in total. The van der Waals surface area contributed by atoms with Crippen molar-refractivity contribution in [2.24, 2.45) is 0 Å². The Morgan fingerprint density at radius 3 is 1.69 bits per heavy atom. The van der Waals surface area contributed by atoms with E-state index >= 15 is 0 Å². The third-order valence-electron chi connectivity index (χ3n) is 12.7. The van der Waals surface area contributed by atoms with Crippen molar-refractivity contribution in [1.29, 1.82) is 0 Å². The van der Waals surface area contributed by atoms with Crippen LogP contribution in [0.25, 0.3) is 22.3 Å². The van der Waals surface area contributed by atoms with Gasteiger partial charge in [0.05, 0.1) is 0 Å². The third-order valence-corrected chi connectivity index (χ3v) is 12.7. The quantitative estimate of drug-likeness (QED) is 0.165. The molecule has 0 atom stereocenters. The molecule has 6 aromatic rings. The number of nitrogens with zero attached hydrogens (tertiary/aromatic N) is 2. The van der Waals surface area contributed by atoms with Gasteiger partial charge >= 0.3 is 6.85 Å². The number of hydrogen-bond acceptors (Lipinski definition) is 2. The molecule has 3 aliphatic rings. The molecule has 55 heavy (non-hydrogen) atoms. The smallest absolute Gasteiger partial charge is 0.333 e. The summed E-state index contributed by atoms with van der Waals surface area (Å²) in [6.45, 7) is 28.0. The van der Waals surface area contributed by atoms with Crippen LogP contribution >= 0.6 is 0 Å². The molecular formula is C52H55BN2. The molecule has 3 heteroatoms. The molecule has 0 radical (unpaired) electrons. The first-order valence-electron chi connectivity index (χ1n) is 20.2. The fourth-order valence-corrected chi connectivity index (χ4v) is 9.73. The molecule has 0 spiro atoms. The number of anilines is 5. The maximum Gasteiger partial charge on any atom is 0.333 e. The Bertz CT molecular complexity index is 2520. The van der Waals surface area contributed by atoms with Crippen LogP contribution < -0.4 is 20.6 Å². The summed E-state index contributed by atoms with van der Waals surface area (Å²) in [5, 5.41) is 0. The van der Waals surface area contributed by atoms with Crippen LogP contribution in [0.1, 0.15) is 110 Å². The molecule has 0 saturated heterocycles. The molecule has 0 amide bonds. The van der Waals surface area contributed by atoms with Crippen molar-refractivity contribution in [3.63, 3.8) is 0 Å². The largest absolute Gasteiger partial charge is 0.376 e. The molecule has 0 saturated carbocycles. The minimum Gasteiger partial charge on any atom is -0.376 e. The van der Waals surface area contributed by atoms with E-state index in [0.29, 0.717) is 0 Å². The highest BCUT2D eigenvalue weighted by molar-refractivity contribution is 6.93. The Labute approximate surface area is 330 Å². The lowest BCUT2D eigenvalue weighted by Gasteiger charge is -2.47. The van der Waals surface area contributed by atoms with Crippen LogP contribution in [0.2, 0.25) is 0 Å². The maximum absolute atomic E-state index is 2.69. The van der Waals surface area contributed by atoms with E-state index in [1.54, 1.807) is 0 Å².